The van der Waals surface area contributed by atoms with Crippen LogP contribution in [0.15, 0.2) is 30.3 Å². The summed E-state index contributed by atoms with van der Waals surface area (Å²) >= 11 is 0. The van der Waals surface area contributed by atoms with E-state index in [-0.39, 0.29) is 5.54 Å². The molecular formula is C12H18N2. The summed E-state index contributed by atoms with van der Waals surface area (Å²) in [6.45, 7) is 2.95. The molecule has 2 heteroatoms. The summed E-state index contributed by atoms with van der Waals surface area (Å²) in [6, 6.07) is 10.9. The Labute approximate surface area is 85.5 Å². The Morgan fingerprint density at radius 3 is 2.50 bits per heavy atom. The normalized spacial score (nSPS) is 20.4. The molecule has 2 nitrogen and oxygen atoms in total. The monoisotopic (exact) mass is 190 g/mol. The maximum absolute atomic E-state index is 5.73. The molecule has 1 atom stereocenters. The Morgan fingerprint density at radius 1 is 1.36 bits per heavy atom. The molecule has 14 heavy (non-hydrogen) atoms. The molecule has 1 aliphatic carbocycles. The summed E-state index contributed by atoms with van der Waals surface area (Å²) in [6.07, 6.45) is 2.45. The number of nitrogens with two attached hydrogens (primary N) is 1. The molecule has 0 saturated heterocycles. The molecule has 0 aliphatic heterocycles. The third-order valence-electron chi connectivity index (χ3n) is 3.07. The standard InChI is InChI=1S/C12H18N2/c1-10(11-5-3-2-4-6-11)14-12(9-13)7-8-12/h2-6,10,14H,7-9,13H2,1H3. The van der Waals surface area contributed by atoms with E-state index in [1.807, 2.05) is 6.07 Å². The van der Waals surface area contributed by atoms with Crippen LogP contribution in [0.1, 0.15) is 31.4 Å². The summed E-state index contributed by atoms with van der Waals surface area (Å²) in [5.74, 6) is 0. The minimum Gasteiger partial charge on any atom is -0.329 e. The number of nitrogens with one attached hydrogen (secondary N) is 1. The van der Waals surface area contributed by atoms with Crippen LogP contribution in [0.2, 0.25) is 0 Å². The van der Waals surface area contributed by atoms with Crippen LogP contribution in [0.3, 0.4) is 0 Å². The zero-order valence-corrected chi connectivity index (χ0v) is 8.66. The van der Waals surface area contributed by atoms with Crippen LogP contribution in [0, 0.1) is 0 Å². The summed E-state index contributed by atoms with van der Waals surface area (Å²) in [5, 5.41) is 3.61. The second-order valence-corrected chi connectivity index (χ2v) is 4.26. The molecule has 1 unspecified atom stereocenters. The Bertz CT molecular complexity index is 290. The lowest BCUT2D eigenvalue weighted by Gasteiger charge is -2.21. The number of benzene rings is 1. The Kier molecular flexibility index (Phi) is 2.57. The van der Waals surface area contributed by atoms with E-state index < -0.39 is 0 Å². The van der Waals surface area contributed by atoms with Crippen LogP contribution in [0.25, 0.3) is 0 Å². The zero-order valence-electron chi connectivity index (χ0n) is 8.66. The van der Waals surface area contributed by atoms with Crippen molar-refractivity contribution < 1.29 is 0 Å². The van der Waals surface area contributed by atoms with Gasteiger partial charge in [0.2, 0.25) is 0 Å². The van der Waals surface area contributed by atoms with Crippen LogP contribution in [0.5, 0.6) is 0 Å². The van der Waals surface area contributed by atoms with Gasteiger partial charge >= 0.3 is 0 Å². The van der Waals surface area contributed by atoms with Crippen LogP contribution in [-0.4, -0.2) is 12.1 Å². The molecule has 1 aliphatic rings. The Balaban J connectivity index is 1.99. The third-order valence-corrected chi connectivity index (χ3v) is 3.07. The molecule has 0 spiro atoms. The first-order chi connectivity index (χ1) is 6.76. The molecule has 0 amide bonds. The summed E-state index contributed by atoms with van der Waals surface area (Å²) in [7, 11) is 0. The first-order valence-electron chi connectivity index (χ1n) is 5.28. The van der Waals surface area contributed by atoms with Crippen molar-refractivity contribution in [1.82, 2.24) is 5.32 Å². The van der Waals surface area contributed by atoms with Gasteiger partial charge in [-0.05, 0) is 25.3 Å². The molecule has 0 heterocycles. The van der Waals surface area contributed by atoms with Gasteiger partial charge in [0, 0.05) is 18.1 Å². The quantitative estimate of drug-likeness (QED) is 0.760. The number of hydrogen-bond acceptors (Lipinski definition) is 2. The lowest BCUT2D eigenvalue weighted by atomic mass is 10.1. The van der Waals surface area contributed by atoms with E-state index in [0.717, 1.165) is 6.54 Å². The maximum Gasteiger partial charge on any atom is 0.0310 e. The van der Waals surface area contributed by atoms with E-state index >= 15 is 0 Å². The molecular weight excluding hydrogens is 172 g/mol. The molecule has 1 fully saturated rings. The summed E-state index contributed by atoms with van der Waals surface area (Å²) in [5.41, 5.74) is 7.32. The van der Waals surface area contributed by atoms with Gasteiger partial charge in [-0.2, -0.15) is 0 Å². The lowest BCUT2D eigenvalue weighted by Crippen LogP contribution is -2.39. The van der Waals surface area contributed by atoms with Gasteiger partial charge in [-0.3, -0.25) is 0 Å². The van der Waals surface area contributed by atoms with Gasteiger partial charge in [0.15, 0.2) is 0 Å². The van der Waals surface area contributed by atoms with Crippen molar-refractivity contribution in [2.45, 2.75) is 31.3 Å². The second-order valence-electron chi connectivity index (χ2n) is 4.26. The fourth-order valence-electron chi connectivity index (χ4n) is 1.84. The van der Waals surface area contributed by atoms with Crippen LogP contribution in [0.4, 0.5) is 0 Å². The average molecular weight is 190 g/mol. The van der Waals surface area contributed by atoms with Crippen LogP contribution < -0.4 is 11.1 Å². The highest BCUT2D eigenvalue weighted by molar-refractivity contribution is 5.20. The number of hydrogen-bond donors (Lipinski definition) is 2. The Hall–Kier alpha value is -0.860. The molecule has 0 aromatic heterocycles. The van der Waals surface area contributed by atoms with Gasteiger partial charge in [-0.1, -0.05) is 30.3 Å². The van der Waals surface area contributed by atoms with E-state index in [4.69, 9.17) is 5.73 Å². The fourth-order valence-corrected chi connectivity index (χ4v) is 1.84. The molecule has 1 aromatic carbocycles. The van der Waals surface area contributed by atoms with Gasteiger partial charge in [-0.15, -0.1) is 0 Å². The fraction of sp³-hybridized carbons (Fsp3) is 0.500. The molecule has 3 N–H and O–H groups in total. The van der Waals surface area contributed by atoms with Gasteiger partial charge < -0.3 is 11.1 Å². The second kappa shape index (κ2) is 3.71. The molecule has 1 saturated carbocycles. The summed E-state index contributed by atoms with van der Waals surface area (Å²) < 4.78 is 0. The van der Waals surface area contributed by atoms with Gasteiger partial charge in [0.05, 0.1) is 0 Å². The predicted molar refractivity (Wildman–Crippen MR) is 59.0 cm³/mol. The van der Waals surface area contributed by atoms with Crippen molar-refractivity contribution in [3.05, 3.63) is 35.9 Å². The van der Waals surface area contributed by atoms with E-state index in [1.165, 1.54) is 18.4 Å². The van der Waals surface area contributed by atoms with Crippen molar-refractivity contribution >= 4 is 0 Å². The highest BCUT2D eigenvalue weighted by Crippen LogP contribution is 2.36. The van der Waals surface area contributed by atoms with Crippen molar-refractivity contribution in [2.75, 3.05) is 6.54 Å². The molecule has 2 rings (SSSR count). The predicted octanol–water partition coefficient (Wildman–Crippen LogP) is 1.83. The van der Waals surface area contributed by atoms with Gasteiger partial charge in [0.1, 0.15) is 0 Å². The van der Waals surface area contributed by atoms with Crippen molar-refractivity contribution in [3.63, 3.8) is 0 Å². The minimum absolute atomic E-state index is 0.245. The summed E-state index contributed by atoms with van der Waals surface area (Å²) in [4.78, 5) is 0. The van der Waals surface area contributed by atoms with Crippen LogP contribution in [-0.2, 0) is 0 Å². The van der Waals surface area contributed by atoms with Crippen LogP contribution >= 0.6 is 0 Å². The zero-order chi connectivity index (χ0) is 10.0. The lowest BCUT2D eigenvalue weighted by molar-refractivity contribution is 0.444. The first kappa shape index (κ1) is 9.69. The third kappa shape index (κ3) is 1.97. The van der Waals surface area contributed by atoms with Gasteiger partial charge in [0.25, 0.3) is 0 Å². The highest BCUT2D eigenvalue weighted by atomic mass is 15.1. The molecule has 76 valence electrons. The average Bonchev–Trinajstić information content (AvgIpc) is 3.00. The van der Waals surface area contributed by atoms with E-state index in [0.29, 0.717) is 6.04 Å². The molecule has 1 aromatic rings. The Morgan fingerprint density at radius 2 is 2.00 bits per heavy atom. The van der Waals surface area contributed by atoms with E-state index in [1.54, 1.807) is 0 Å². The minimum atomic E-state index is 0.245. The SMILES string of the molecule is CC(NC1(CN)CC1)c1ccccc1. The topological polar surface area (TPSA) is 38.0 Å². The van der Waals surface area contributed by atoms with Crippen molar-refractivity contribution in [2.24, 2.45) is 5.73 Å². The van der Waals surface area contributed by atoms with Gasteiger partial charge in [-0.25, -0.2) is 0 Å². The highest BCUT2D eigenvalue weighted by Gasteiger charge is 2.41. The molecule has 0 bridgehead atoms. The van der Waals surface area contributed by atoms with E-state index in [9.17, 15) is 0 Å². The largest absolute Gasteiger partial charge is 0.329 e. The number of rotatable bonds is 4. The van der Waals surface area contributed by atoms with E-state index in [2.05, 4.69) is 36.5 Å². The smallest absolute Gasteiger partial charge is 0.0310 e. The van der Waals surface area contributed by atoms with Crippen molar-refractivity contribution in [1.29, 1.82) is 0 Å². The maximum atomic E-state index is 5.73. The first-order valence-corrected chi connectivity index (χ1v) is 5.28. The van der Waals surface area contributed by atoms with Crippen molar-refractivity contribution in [3.8, 4) is 0 Å². The molecule has 0 radical (unpaired) electrons.